The van der Waals surface area contributed by atoms with Gasteiger partial charge in [-0.05, 0) is 52.4 Å². The third kappa shape index (κ3) is 3.78. The third-order valence-corrected chi connectivity index (χ3v) is 5.91. The summed E-state index contributed by atoms with van der Waals surface area (Å²) in [6.45, 7) is 0. The number of thiophene rings is 1. The van der Waals surface area contributed by atoms with E-state index in [4.69, 9.17) is 23.2 Å². The third-order valence-electron chi connectivity index (χ3n) is 4.36. The molecule has 0 amide bonds. The molecular formula is C22H15Cl2NOS. The molecule has 0 unspecified atom stereocenters. The van der Waals surface area contributed by atoms with Crippen molar-refractivity contribution in [3.63, 3.8) is 0 Å². The van der Waals surface area contributed by atoms with Gasteiger partial charge in [-0.15, -0.1) is 11.3 Å². The van der Waals surface area contributed by atoms with Gasteiger partial charge in [0.05, 0.1) is 0 Å². The molecule has 0 saturated heterocycles. The lowest BCUT2D eigenvalue weighted by molar-refractivity contribution is 0.221. The van der Waals surface area contributed by atoms with E-state index >= 15 is 0 Å². The number of rotatable bonds is 4. The summed E-state index contributed by atoms with van der Waals surface area (Å²) in [6, 6.07) is 19.0. The van der Waals surface area contributed by atoms with Gasteiger partial charge in [0.2, 0.25) is 0 Å². The van der Waals surface area contributed by atoms with Gasteiger partial charge in [-0.2, -0.15) is 0 Å². The summed E-state index contributed by atoms with van der Waals surface area (Å²) in [4.78, 5) is 5.16. The Morgan fingerprint density at radius 1 is 0.852 bits per heavy atom. The van der Waals surface area contributed by atoms with Crippen molar-refractivity contribution in [2.24, 2.45) is 0 Å². The highest BCUT2D eigenvalue weighted by molar-refractivity contribution is 7.14. The molecule has 0 aliphatic rings. The minimum Gasteiger partial charge on any atom is -0.384 e. The number of aliphatic hydroxyl groups excluding tert-OH is 1. The maximum absolute atomic E-state index is 11.2. The molecule has 27 heavy (non-hydrogen) atoms. The van der Waals surface area contributed by atoms with Gasteiger partial charge in [-0.25, -0.2) is 0 Å². The molecule has 4 rings (SSSR count). The largest absolute Gasteiger partial charge is 0.384 e. The van der Waals surface area contributed by atoms with Gasteiger partial charge >= 0.3 is 0 Å². The van der Waals surface area contributed by atoms with Crippen LogP contribution in [0.1, 0.15) is 17.2 Å². The van der Waals surface area contributed by atoms with Crippen molar-refractivity contribution >= 4 is 34.5 Å². The average Bonchev–Trinajstić information content (AvgIpc) is 3.14. The molecule has 0 aliphatic carbocycles. The van der Waals surface area contributed by atoms with Gasteiger partial charge in [-0.3, -0.25) is 4.98 Å². The Balaban J connectivity index is 1.89. The zero-order valence-corrected chi connectivity index (χ0v) is 16.5. The molecule has 0 aliphatic heterocycles. The zero-order chi connectivity index (χ0) is 18.8. The number of hydrogen-bond donors (Lipinski definition) is 1. The van der Waals surface area contributed by atoms with Gasteiger partial charge in [-0.1, -0.05) is 53.5 Å². The van der Waals surface area contributed by atoms with E-state index in [1.54, 1.807) is 23.7 Å². The number of hydrogen-bond acceptors (Lipinski definition) is 3. The predicted molar refractivity (Wildman–Crippen MR) is 114 cm³/mol. The molecule has 1 N–H and O–H groups in total. The Kier molecular flexibility index (Phi) is 5.28. The molecule has 0 saturated carbocycles. The molecule has 2 aromatic carbocycles. The summed E-state index contributed by atoms with van der Waals surface area (Å²) >= 11 is 13.7. The van der Waals surface area contributed by atoms with Crippen LogP contribution in [-0.4, -0.2) is 10.1 Å². The van der Waals surface area contributed by atoms with E-state index in [0.29, 0.717) is 10.0 Å². The van der Waals surface area contributed by atoms with Crippen LogP contribution < -0.4 is 0 Å². The van der Waals surface area contributed by atoms with Gasteiger partial charge in [0.25, 0.3) is 0 Å². The highest BCUT2D eigenvalue weighted by Crippen LogP contribution is 2.43. The van der Waals surface area contributed by atoms with E-state index in [0.717, 1.165) is 32.7 Å². The van der Waals surface area contributed by atoms with Crippen LogP contribution in [0.3, 0.4) is 0 Å². The van der Waals surface area contributed by atoms with Gasteiger partial charge in [0.15, 0.2) is 0 Å². The van der Waals surface area contributed by atoms with Crippen molar-refractivity contribution in [1.29, 1.82) is 0 Å². The lowest BCUT2D eigenvalue weighted by atomic mass is 9.93. The first kappa shape index (κ1) is 18.2. The molecule has 2 aromatic heterocycles. The molecular weight excluding hydrogens is 397 g/mol. The van der Waals surface area contributed by atoms with Crippen LogP contribution in [0.5, 0.6) is 0 Å². The zero-order valence-electron chi connectivity index (χ0n) is 14.1. The first-order chi connectivity index (χ1) is 13.1. The van der Waals surface area contributed by atoms with Crippen LogP contribution >= 0.6 is 34.5 Å². The summed E-state index contributed by atoms with van der Waals surface area (Å²) in [5.74, 6) is 0. The van der Waals surface area contributed by atoms with Gasteiger partial charge < -0.3 is 5.11 Å². The second-order valence-corrected chi connectivity index (χ2v) is 7.85. The second kappa shape index (κ2) is 7.83. The summed E-state index contributed by atoms with van der Waals surface area (Å²) in [5.41, 5.74) is 4.62. The number of benzene rings is 2. The van der Waals surface area contributed by atoms with Crippen LogP contribution in [0, 0.1) is 0 Å². The SMILES string of the molecule is O[C@H](c1cccnc1)c1c(-c2ccc(Cl)cc2)csc1-c1ccc(Cl)cc1. The lowest BCUT2D eigenvalue weighted by Gasteiger charge is -2.15. The Bertz CT molecular complexity index is 981. The topological polar surface area (TPSA) is 33.1 Å². The fourth-order valence-corrected chi connectivity index (χ4v) is 4.39. The summed E-state index contributed by atoms with van der Waals surface area (Å²) in [6.07, 6.45) is 2.60. The smallest absolute Gasteiger partial charge is 0.108 e. The van der Waals surface area contributed by atoms with E-state index < -0.39 is 6.10 Å². The number of pyridine rings is 1. The van der Waals surface area contributed by atoms with Crippen molar-refractivity contribution in [3.8, 4) is 21.6 Å². The monoisotopic (exact) mass is 411 g/mol. The Labute approximate surface area is 171 Å². The fraction of sp³-hybridized carbons (Fsp3) is 0.0455. The molecule has 1 atom stereocenters. The quantitative estimate of drug-likeness (QED) is 0.397. The van der Waals surface area contributed by atoms with E-state index in [9.17, 15) is 5.11 Å². The highest BCUT2D eigenvalue weighted by Gasteiger charge is 2.23. The fourth-order valence-electron chi connectivity index (χ4n) is 3.02. The van der Waals surface area contributed by atoms with Crippen LogP contribution in [-0.2, 0) is 0 Å². The molecule has 2 nitrogen and oxygen atoms in total. The van der Waals surface area contributed by atoms with E-state index in [1.165, 1.54) is 0 Å². The van der Waals surface area contributed by atoms with Crippen molar-refractivity contribution in [2.45, 2.75) is 6.10 Å². The van der Waals surface area contributed by atoms with Crippen LogP contribution in [0.25, 0.3) is 21.6 Å². The maximum Gasteiger partial charge on any atom is 0.108 e. The van der Waals surface area contributed by atoms with E-state index in [1.807, 2.05) is 60.7 Å². The maximum atomic E-state index is 11.2. The molecule has 0 spiro atoms. The highest BCUT2D eigenvalue weighted by atomic mass is 35.5. The van der Waals surface area contributed by atoms with Crippen molar-refractivity contribution in [2.75, 3.05) is 0 Å². The molecule has 0 radical (unpaired) electrons. The number of aromatic nitrogens is 1. The number of halogens is 2. The summed E-state index contributed by atoms with van der Waals surface area (Å²) in [7, 11) is 0. The number of aliphatic hydroxyl groups is 1. The summed E-state index contributed by atoms with van der Waals surface area (Å²) < 4.78 is 0. The van der Waals surface area contributed by atoms with E-state index in [2.05, 4.69) is 10.4 Å². The minimum atomic E-state index is -0.790. The molecule has 5 heteroatoms. The normalized spacial score (nSPS) is 12.1. The first-order valence-corrected chi connectivity index (χ1v) is 9.98. The minimum absolute atomic E-state index is 0.682. The molecule has 0 fully saturated rings. The van der Waals surface area contributed by atoms with E-state index in [-0.39, 0.29) is 0 Å². The van der Waals surface area contributed by atoms with Crippen LogP contribution in [0.4, 0.5) is 0 Å². The average molecular weight is 412 g/mol. The van der Waals surface area contributed by atoms with Crippen molar-refractivity contribution in [3.05, 3.63) is 99.6 Å². The van der Waals surface area contributed by atoms with Crippen molar-refractivity contribution in [1.82, 2.24) is 4.98 Å². The van der Waals surface area contributed by atoms with Gasteiger partial charge in [0.1, 0.15) is 6.10 Å². The van der Waals surface area contributed by atoms with Crippen molar-refractivity contribution < 1.29 is 5.11 Å². The number of nitrogens with zero attached hydrogens (tertiary/aromatic N) is 1. The van der Waals surface area contributed by atoms with Gasteiger partial charge in [0, 0.05) is 38.4 Å². The lowest BCUT2D eigenvalue weighted by Crippen LogP contribution is -2.02. The Morgan fingerprint density at radius 2 is 1.48 bits per heavy atom. The Morgan fingerprint density at radius 3 is 2.07 bits per heavy atom. The Hall–Kier alpha value is -2.17. The predicted octanol–water partition coefficient (Wildman–Crippen LogP) is 6.87. The van der Waals surface area contributed by atoms with Crippen LogP contribution in [0.2, 0.25) is 10.0 Å². The van der Waals surface area contributed by atoms with Crippen LogP contribution in [0.15, 0.2) is 78.4 Å². The molecule has 2 heterocycles. The summed E-state index contributed by atoms with van der Waals surface area (Å²) in [5, 5.41) is 14.6. The molecule has 134 valence electrons. The second-order valence-electron chi connectivity index (χ2n) is 6.09. The standard InChI is InChI=1S/C22H15Cl2NOS/c23-17-7-3-14(4-8-17)19-13-27-22(15-5-9-18(24)10-6-15)20(19)21(26)16-2-1-11-25-12-16/h1-13,21,26H/t21-/m1/s1. The first-order valence-electron chi connectivity index (χ1n) is 8.35. The molecule has 0 bridgehead atoms. The molecule has 4 aromatic rings.